The van der Waals surface area contributed by atoms with E-state index in [1.54, 1.807) is 0 Å². The average Bonchev–Trinajstić information content (AvgIpc) is 2.40. The van der Waals surface area contributed by atoms with Crippen molar-refractivity contribution in [3.8, 4) is 0 Å². The SMILES string of the molecule is CCCC1CCC(NCC(=O)N(CC)CC)CC1. The second-order valence-corrected chi connectivity index (χ2v) is 5.45. The number of nitrogens with zero attached hydrogens (tertiary/aromatic N) is 1. The first-order valence-corrected chi connectivity index (χ1v) is 7.72. The Morgan fingerprint density at radius 1 is 1.11 bits per heavy atom. The van der Waals surface area contributed by atoms with Crippen molar-refractivity contribution in [2.45, 2.75) is 65.3 Å². The van der Waals surface area contributed by atoms with Gasteiger partial charge in [0, 0.05) is 19.1 Å². The lowest BCUT2D eigenvalue weighted by Crippen LogP contribution is -2.42. The molecule has 3 heteroatoms. The maximum atomic E-state index is 11.9. The zero-order valence-corrected chi connectivity index (χ0v) is 12.4. The van der Waals surface area contributed by atoms with Gasteiger partial charge in [-0.2, -0.15) is 0 Å². The fraction of sp³-hybridized carbons (Fsp3) is 0.933. The van der Waals surface area contributed by atoms with Gasteiger partial charge in [0.05, 0.1) is 6.54 Å². The number of carbonyl (C=O) groups excluding carboxylic acids is 1. The zero-order chi connectivity index (χ0) is 13.4. The highest BCUT2D eigenvalue weighted by atomic mass is 16.2. The fourth-order valence-corrected chi connectivity index (χ4v) is 2.98. The standard InChI is InChI=1S/C15H30N2O/c1-4-7-13-8-10-14(11-9-13)16-12-15(18)17(5-2)6-3/h13-14,16H,4-12H2,1-3H3. The minimum Gasteiger partial charge on any atom is -0.342 e. The minimum absolute atomic E-state index is 0.246. The Morgan fingerprint density at radius 3 is 2.22 bits per heavy atom. The highest BCUT2D eigenvalue weighted by Crippen LogP contribution is 2.27. The number of carbonyl (C=O) groups is 1. The topological polar surface area (TPSA) is 32.3 Å². The highest BCUT2D eigenvalue weighted by Gasteiger charge is 2.21. The first-order chi connectivity index (χ1) is 8.71. The van der Waals surface area contributed by atoms with Gasteiger partial charge in [-0.05, 0) is 45.4 Å². The predicted octanol–water partition coefficient (Wildman–Crippen LogP) is 2.80. The Bertz CT molecular complexity index is 231. The summed E-state index contributed by atoms with van der Waals surface area (Å²) in [7, 11) is 0. The van der Waals surface area contributed by atoms with Crippen LogP contribution in [0, 0.1) is 5.92 Å². The predicted molar refractivity (Wildman–Crippen MR) is 76.6 cm³/mol. The van der Waals surface area contributed by atoms with Crippen LogP contribution < -0.4 is 5.32 Å². The van der Waals surface area contributed by atoms with Gasteiger partial charge in [0.25, 0.3) is 0 Å². The number of hydrogen-bond donors (Lipinski definition) is 1. The van der Waals surface area contributed by atoms with Gasteiger partial charge >= 0.3 is 0 Å². The molecule has 106 valence electrons. The second-order valence-electron chi connectivity index (χ2n) is 5.45. The van der Waals surface area contributed by atoms with Crippen molar-refractivity contribution in [1.82, 2.24) is 10.2 Å². The molecule has 1 rings (SSSR count). The van der Waals surface area contributed by atoms with E-state index in [0.717, 1.165) is 19.0 Å². The van der Waals surface area contributed by atoms with Gasteiger partial charge < -0.3 is 10.2 Å². The summed E-state index contributed by atoms with van der Waals surface area (Å²) in [5.41, 5.74) is 0. The van der Waals surface area contributed by atoms with Crippen molar-refractivity contribution in [3.63, 3.8) is 0 Å². The first kappa shape index (κ1) is 15.5. The van der Waals surface area contributed by atoms with E-state index in [2.05, 4.69) is 12.2 Å². The number of hydrogen-bond acceptors (Lipinski definition) is 2. The normalized spacial score (nSPS) is 23.9. The van der Waals surface area contributed by atoms with Crippen LogP contribution in [0.15, 0.2) is 0 Å². The lowest BCUT2D eigenvalue weighted by Gasteiger charge is -2.29. The molecule has 0 spiro atoms. The molecule has 0 bridgehead atoms. The molecule has 1 N–H and O–H groups in total. The second kappa shape index (κ2) is 8.52. The smallest absolute Gasteiger partial charge is 0.236 e. The van der Waals surface area contributed by atoms with Crippen molar-refractivity contribution < 1.29 is 4.79 Å². The molecule has 1 saturated carbocycles. The summed E-state index contributed by atoms with van der Waals surface area (Å²) in [5, 5.41) is 3.44. The Labute approximate surface area is 112 Å². The molecule has 0 unspecified atom stereocenters. The van der Waals surface area contributed by atoms with E-state index in [1.165, 1.54) is 38.5 Å². The van der Waals surface area contributed by atoms with E-state index in [4.69, 9.17) is 0 Å². The van der Waals surface area contributed by atoms with Crippen LogP contribution in [0.3, 0.4) is 0 Å². The summed E-state index contributed by atoms with van der Waals surface area (Å²) in [6.45, 7) is 8.51. The quantitative estimate of drug-likeness (QED) is 0.757. The number of nitrogens with one attached hydrogen (secondary N) is 1. The van der Waals surface area contributed by atoms with Crippen LogP contribution in [-0.2, 0) is 4.79 Å². The van der Waals surface area contributed by atoms with Crippen LogP contribution in [-0.4, -0.2) is 36.5 Å². The maximum absolute atomic E-state index is 11.9. The van der Waals surface area contributed by atoms with Crippen molar-refractivity contribution in [2.24, 2.45) is 5.92 Å². The van der Waals surface area contributed by atoms with Crippen LogP contribution in [0.2, 0.25) is 0 Å². The summed E-state index contributed by atoms with van der Waals surface area (Å²) >= 11 is 0. The molecule has 1 aliphatic rings. The molecule has 1 aliphatic carbocycles. The van der Waals surface area contributed by atoms with Crippen LogP contribution in [0.1, 0.15) is 59.3 Å². The van der Waals surface area contributed by atoms with Crippen LogP contribution >= 0.6 is 0 Å². The molecule has 1 amide bonds. The molecule has 0 radical (unpaired) electrons. The number of rotatable bonds is 7. The largest absolute Gasteiger partial charge is 0.342 e. The third kappa shape index (κ3) is 4.97. The Balaban J connectivity index is 2.19. The summed E-state index contributed by atoms with van der Waals surface area (Å²) in [6, 6.07) is 0.567. The first-order valence-electron chi connectivity index (χ1n) is 7.72. The minimum atomic E-state index is 0.246. The highest BCUT2D eigenvalue weighted by molar-refractivity contribution is 5.78. The molecule has 0 aromatic carbocycles. The van der Waals surface area contributed by atoms with Crippen LogP contribution in [0.4, 0.5) is 0 Å². The molecule has 0 aliphatic heterocycles. The van der Waals surface area contributed by atoms with Gasteiger partial charge in [-0.25, -0.2) is 0 Å². The molecule has 1 fully saturated rings. The van der Waals surface area contributed by atoms with Crippen molar-refractivity contribution in [2.75, 3.05) is 19.6 Å². The third-order valence-corrected chi connectivity index (χ3v) is 4.20. The fourth-order valence-electron chi connectivity index (χ4n) is 2.98. The summed E-state index contributed by atoms with van der Waals surface area (Å²) in [6.07, 6.45) is 7.86. The number of likely N-dealkylation sites (N-methyl/N-ethyl adjacent to an activating group) is 1. The lowest BCUT2D eigenvalue weighted by molar-refractivity contribution is -0.130. The lowest BCUT2D eigenvalue weighted by atomic mass is 9.83. The molecule has 3 nitrogen and oxygen atoms in total. The summed E-state index contributed by atoms with van der Waals surface area (Å²) in [4.78, 5) is 13.8. The monoisotopic (exact) mass is 254 g/mol. The Kier molecular flexibility index (Phi) is 7.33. The van der Waals surface area contributed by atoms with Gasteiger partial charge in [0.2, 0.25) is 5.91 Å². The van der Waals surface area contributed by atoms with E-state index < -0.39 is 0 Å². The van der Waals surface area contributed by atoms with E-state index in [0.29, 0.717) is 12.6 Å². The van der Waals surface area contributed by atoms with Crippen LogP contribution in [0.5, 0.6) is 0 Å². The van der Waals surface area contributed by atoms with E-state index in [1.807, 2.05) is 18.7 Å². The molecular weight excluding hydrogens is 224 g/mol. The third-order valence-electron chi connectivity index (χ3n) is 4.20. The Morgan fingerprint density at radius 2 is 1.72 bits per heavy atom. The van der Waals surface area contributed by atoms with Gasteiger partial charge in [-0.3, -0.25) is 4.79 Å². The van der Waals surface area contributed by atoms with Gasteiger partial charge in [0.15, 0.2) is 0 Å². The molecule has 0 aromatic heterocycles. The van der Waals surface area contributed by atoms with Gasteiger partial charge in [-0.15, -0.1) is 0 Å². The maximum Gasteiger partial charge on any atom is 0.236 e. The molecule has 0 heterocycles. The van der Waals surface area contributed by atoms with E-state index in [9.17, 15) is 4.79 Å². The Hall–Kier alpha value is -0.570. The molecule has 18 heavy (non-hydrogen) atoms. The van der Waals surface area contributed by atoms with Crippen LogP contribution in [0.25, 0.3) is 0 Å². The average molecular weight is 254 g/mol. The van der Waals surface area contributed by atoms with Crippen molar-refractivity contribution >= 4 is 5.91 Å². The van der Waals surface area contributed by atoms with Gasteiger partial charge in [0.1, 0.15) is 0 Å². The molecule has 0 atom stereocenters. The molecular formula is C15H30N2O. The van der Waals surface area contributed by atoms with E-state index in [-0.39, 0.29) is 5.91 Å². The summed E-state index contributed by atoms with van der Waals surface area (Å²) < 4.78 is 0. The zero-order valence-electron chi connectivity index (χ0n) is 12.4. The van der Waals surface area contributed by atoms with E-state index >= 15 is 0 Å². The molecule has 0 saturated heterocycles. The van der Waals surface area contributed by atoms with Crippen molar-refractivity contribution in [3.05, 3.63) is 0 Å². The van der Waals surface area contributed by atoms with Crippen molar-refractivity contribution in [1.29, 1.82) is 0 Å². The summed E-state index contributed by atoms with van der Waals surface area (Å²) in [5.74, 6) is 1.18. The van der Waals surface area contributed by atoms with Gasteiger partial charge in [-0.1, -0.05) is 19.8 Å². The number of amides is 1. The molecule has 0 aromatic rings.